The van der Waals surface area contributed by atoms with Crippen molar-refractivity contribution in [2.24, 2.45) is 0 Å². The van der Waals surface area contributed by atoms with Gasteiger partial charge in [0.25, 0.3) is 0 Å². The summed E-state index contributed by atoms with van der Waals surface area (Å²) in [4.78, 5) is 18.5. The largest absolute Gasteiger partial charge is 0.370 e. The highest BCUT2D eigenvalue weighted by Crippen LogP contribution is 2.41. The van der Waals surface area contributed by atoms with Crippen molar-refractivity contribution in [3.8, 4) is 11.3 Å². The Morgan fingerprint density at radius 3 is 2.34 bits per heavy atom. The van der Waals surface area contributed by atoms with Gasteiger partial charge in [0.15, 0.2) is 17.3 Å². The standard InChI is InChI=1S/C26H25F3N6O.C2H6/c1-12-6-15(7-22(36-12)16-10-30-35(11-16)17-4-5-17)25-33-23(18-8-20(28)21(29)9-19(18)27)24-26(34-25)32-14(3)13(2)31-24;1-2/h8-12,15,17,22H,4-7H2,1-3H3;1-2H3. The number of aromatic nitrogens is 6. The molecular formula is C28H31F3N6O. The quantitative estimate of drug-likeness (QED) is 0.276. The van der Waals surface area contributed by atoms with Gasteiger partial charge in [0.05, 0.1) is 35.8 Å². The van der Waals surface area contributed by atoms with E-state index in [-0.39, 0.29) is 34.9 Å². The minimum atomic E-state index is -1.26. The number of aryl methyl sites for hydroxylation is 2. The maximum Gasteiger partial charge on any atom is 0.182 e. The van der Waals surface area contributed by atoms with Crippen LogP contribution in [0.5, 0.6) is 0 Å². The molecule has 0 radical (unpaired) electrons. The lowest BCUT2D eigenvalue weighted by atomic mass is 9.89. The van der Waals surface area contributed by atoms with Crippen LogP contribution in [0.25, 0.3) is 22.4 Å². The van der Waals surface area contributed by atoms with Crippen LogP contribution < -0.4 is 0 Å². The third-order valence-corrected chi connectivity index (χ3v) is 7.02. The highest BCUT2D eigenvalue weighted by molar-refractivity contribution is 5.87. The van der Waals surface area contributed by atoms with Crippen molar-refractivity contribution in [2.75, 3.05) is 0 Å². The Morgan fingerprint density at radius 1 is 0.895 bits per heavy atom. The maximum atomic E-state index is 14.9. The summed E-state index contributed by atoms with van der Waals surface area (Å²) < 4.78 is 50.9. The van der Waals surface area contributed by atoms with E-state index in [1.807, 2.05) is 44.8 Å². The van der Waals surface area contributed by atoms with E-state index in [4.69, 9.17) is 9.72 Å². The summed E-state index contributed by atoms with van der Waals surface area (Å²) in [5.41, 5.74) is 2.75. The molecule has 2 fully saturated rings. The van der Waals surface area contributed by atoms with Gasteiger partial charge >= 0.3 is 0 Å². The molecule has 2 aliphatic rings. The van der Waals surface area contributed by atoms with Crippen LogP contribution in [0.4, 0.5) is 13.2 Å². The number of hydrogen-bond donors (Lipinski definition) is 0. The lowest BCUT2D eigenvalue weighted by Crippen LogP contribution is -2.26. The van der Waals surface area contributed by atoms with E-state index >= 15 is 0 Å². The number of ether oxygens (including phenoxy) is 1. The fourth-order valence-electron chi connectivity index (χ4n) is 4.83. The topological polar surface area (TPSA) is 78.6 Å². The van der Waals surface area contributed by atoms with Gasteiger partial charge in [-0.25, -0.2) is 33.1 Å². The van der Waals surface area contributed by atoms with Crippen molar-refractivity contribution in [2.45, 2.75) is 84.5 Å². The normalized spacial score (nSPS) is 21.3. The fourth-order valence-corrected chi connectivity index (χ4v) is 4.83. The van der Waals surface area contributed by atoms with E-state index in [1.54, 1.807) is 6.92 Å². The molecule has 1 aliphatic heterocycles. The van der Waals surface area contributed by atoms with Crippen LogP contribution in [0.15, 0.2) is 24.5 Å². The maximum absolute atomic E-state index is 14.9. The van der Waals surface area contributed by atoms with Crippen LogP contribution >= 0.6 is 0 Å². The van der Waals surface area contributed by atoms with Crippen LogP contribution in [-0.4, -0.2) is 35.8 Å². The number of benzene rings is 1. The van der Waals surface area contributed by atoms with E-state index in [1.165, 1.54) is 0 Å². The van der Waals surface area contributed by atoms with Gasteiger partial charge < -0.3 is 4.74 Å². The number of nitrogens with zero attached hydrogens (tertiary/aromatic N) is 6. The van der Waals surface area contributed by atoms with Crippen LogP contribution in [0, 0.1) is 31.3 Å². The Bertz CT molecular complexity index is 1490. The van der Waals surface area contributed by atoms with Crippen molar-refractivity contribution >= 4 is 11.2 Å². The Labute approximate surface area is 219 Å². The summed E-state index contributed by atoms with van der Waals surface area (Å²) >= 11 is 0. The highest BCUT2D eigenvalue weighted by Gasteiger charge is 2.34. The molecule has 200 valence electrons. The Kier molecular flexibility index (Phi) is 7.17. The summed E-state index contributed by atoms with van der Waals surface area (Å²) in [6, 6.07) is 1.81. The van der Waals surface area contributed by atoms with Gasteiger partial charge in [-0.05, 0) is 52.5 Å². The predicted molar refractivity (Wildman–Crippen MR) is 137 cm³/mol. The second-order valence-electron chi connectivity index (χ2n) is 9.83. The van der Waals surface area contributed by atoms with Crippen molar-refractivity contribution < 1.29 is 17.9 Å². The SMILES string of the molecule is CC.Cc1nc2nc(C3CC(C)OC(c4cnn(C5CC5)c4)C3)nc(-c3cc(F)c(F)cc3F)c2nc1C. The minimum absolute atomic E-state index is 0.0772. The summed E-state index contributed by atoms with van der Waals surface area (Å²) in [5.74, 6) is -3.02. The Balaban J connectivity index is 0.00000144. The zero-order chi connectivity index (χ0) is 27.1. The second-order valence-corrected chi connectivity index (χ2v) is 9.83. The molecule has 1 aliphatic carbocycles. The molecule has 38 heavy (non-hydrogen) atoms. The zero-order valence-corrected chi connectivity index (χ0v) is 22.2. The third kappa shape index (κ3) is 5.01. The molecule has 10 heteroatoms. The fraction of sp³-hybridized carbons (Fsp3) is 0.464. The molecule has 1 saturated carbocycles. The Hall–Kier alpha value is -3.40. The van der Waals surface area contributed by atoms with E-state index in [2.05, 4.69) is 20.1 Å². The molecule has 3 atom stereocenters. The minimum Gasteiger partial charge on any atom is -0.370 e. The molecule has 0 spiro atoms. The van der Waals surface area contributed by atoms with Gasteiger partial charge in [0.2, 0.25) is 0 Å². The molecule has 0 amide bonds. The lowest BCUT2D eigenvalue weighted by molar-refractivity contribution is -0.0511. The first-order valence-corrected chi connectivity index (χ1v) is 13.1. The number of halogens is 3. The van der Waals surface area contributed by atoms with E-state index in [0.717, 1.165) is 24.5 Å². The predicted octanol–water partition coefficient (Wildman–Crippen LogP) is 6.70. The van der Waals surface area contributed by atoms with Crippen LogP contribution in [0.2, 0.25) is 0 Å². The average Bonchev–Trinajstić information content (AvgIpc) is 3.63. The van der Waals surface area contributed by atoms with Crippen LogP contribution in [0.1, 0.15) is 87.3 Å². The number of rotatable bonds is 4. The number of fused-ring (bicyclic) bond motifs is 1. The molecule has 0 bridgehead atoms. The number of hydrogen-bond acceptors (Lipinski definition) is 6. The average molecular weight is 525 g/mol. The molecule has 1 saturated heterocycles. The van der Waals surface area contributed by atoms with Crippen molar-refractivity contribution in [3.05, 3.63) is 64.8 Å². The van der Waals surface area contributed by atoms with Crippen molar-refractivity contribution in [1.82, 2.24) is 29.7 Å². The van der Waals surface area contributed by atoms with Gasteiger partial charge in [-0.1, -0.05) is 13.8 Å². The van der Waals surface area contributed by atoms with E-state index in [0.29, 0.717) is 47.8 Å². The molecule has 7 nitrogen and oxygen atoms in total. The molecule has 0 N–H and O–H groups in total. The first-order chi connectivity index (χ1) is 18.3. The summed E-state index contributed by atoms with van der Waals surface area (Å²) in [5, 5.41) is 4.49. The molecule has 1 aromatic carbocycles. The molecule has 4 heterocycles. The molecular weight excluding hydrogens is 493 g/mol. The van der Waals surface area contributed by atoms with Crippen LogP contribution in [0.3, 0.4) is 0 Å². The van der Waals surface area contributed by atoms with E-state index < -0.39 is 17.5 Å². The molecule has 3 unspecified atom stereocenters. The van der Waals surface area contributed by atoms with E-state index in [9.17, 15) is 13.2 Å². The monoisotopic (exact) mass is 524 g/mol. The van der Waals surface area contributed by atoms with Crippen molar-refractivity contribution in [1.29, 1.82) is 0 Å². The summed E-state index contributed by atoms with van der Waals surface area (Å²) in [6.45, 7) is 9.58. The molecule has 6 rings (SSSR count). The Morgan fingerprint density at radius 2 is 1.61 bits per heavy atom. The first kappa shape index (κ1) is 26.2. The van der Waals surface area contributed by atoms with Gasteiger partial charge in [0.1, 0.15) is 22.9 Å². The summed E-state index contributed by atoms with van der Waals surface area (Å²) in [6.07, 6.45) is 7.14. The van der Waals surface area contributed by atoms with Gasteiger partial charge in [-0.3, -0.25) is 4.68 Å². The van der Waals surface area contributed by atoms with Gasteiger partial charge in [0, 0.05) is 29.3 Å². The zero-order valence-electron chi connectivity index (χ0n) is 22.2. The third-order valence-electron chi connectivity index (χ3n) is 7.02. The van der Waals surface area contributed by atoms with Crippen molar-refractivity contribution in [3.63, 3.8) is 0 Å². The molecule has 4 aromatic rings. The second kappa shape index (κ2) is 10.4. The van der Waals surface area contributed by atoms with Crippen LogP contribution in [-0.2, 0) is 4.74 Å². The molecule has 3 aromatic heterocycles. The lowest BCUT2D eigenvalue weighted by Gasteiger charge is -2.33. The van der Waals surface area contributed by atoms with Gasteiger partial charge in [-0.15, -0.1) is 0 Å². The summed E-state index contributed by atoms with van der Waals surface area (Å²) in [7, 11) is 0. The van der Waals surface area contributed by atoms with Gasteiger partial charge in [-0.2, -0.15) is 5.10 Å². The smallest absolute Gasteiger partial charge is 0.182 e. The highest BCUT2D eigenvalue weighted by atomic mass is 19.2. The first-order valence-electron chi connectivity index (χ1n) is 13.1.